The molecule has 0 bridgehead atoms. The maximum Gasteiger partial charge on any atom is 0.153 e. The van der Waals surface area contributed by atoms with Crippen LogP contribution in [0.3, 0.4) is 0 Å². The molecule has 0 fully saturated rings. The summed E-state index contributed by atoms with van der Waals surface area (Å²) in [4.78, 5) is 12.9. The van der Waals surface area contributed by atoms with Gasteiger partial charge < -0.3 is 10.6 Å². The van der Waals surface area contributed by atoms with Crippen molar-refractivity contribution in [2.75, 3.05) is 6.54 Å². The molecule has 3 aliphatic rings. The lowest BCUT2D eigenvalue weighted by Crippen LogP contribution is -2.38. The molecule has 2 N–H and O–H groups in total. The van der Waals surface area contributed by atoms with Crippen molar-refractivity contribution in [3.05, 3.63) is 131 Å². The molecule has 0 aromatic heterocycles. The number of hydrogen-bond acceptors (Lipinski definition) is 3. The number of Topliss-reactive ketones (excluding diaryl/α,β-unsaturated/α-hetero) is 1. The van der Waals surface area contributed by atoms with Gasteiger partial charge in [-0.25, -0.2) is 0 Å². The van der Waals surface area contributed by atoms with E-state index in [0.29, 0.717) is 12.3 Å². The lowest BCUT2D eigenvalue weighted by Gasteiger charge is -2.21. The Morgan fingerprint density at radius 1 is 0.806 bits per heavy atom. The SMILES string of the molecule is C1=CC=CNC=C1.O=C(CNCc1ccccc1)C1C=c2c(ccc3c2=CCc2ccccc2-3)CC1. The largest absolute Gasteiger partial charge is 0.368 e. The minimum Gasteiger partial charge on any atom is -0.368 e. The summed E-state index contributed by atoms with van der Waals surface area (Å²) in [7, 11) is 0. The van der Waals surface area contributed by atoms with Crippen molar-refractivity contribution in [3.8, 4) is 11.1 Å². The minimum atomic E-state index is 0.00263. The zero-order valence-electron chi connectivity index (χ0n) is 20.5. The molecule has 1 unspecified atom stereocenters. The molecule has 1 atom stereocenters. The first-order chi connectivity index (χ1) is 17.8. The Labute approximate surface area is 213 Å². The third kappa shape index (κ3) is 5.64. The van der Waals surface area contributed by atoms with Crippen molar-refractivity contribution in [2.45, 2.75) is 25.8 Å². The smallest absolute Gasteiger partial charge is 0.153 e. The summed E-state index contributed by atoms with van der Waals surface area (Å²) in [5, 5.41) is 8.84. The minimum absolute atomic E-state index is 0.00263. The van der Waals surface area contributed by atoms with Crippen LogP contribution in [0.1, 0.15) is 23.1 Å². The van der Waals surface area contributed by atoms with Gasteiger partial charge in [-0.05, 0) is 69.7 Å². The van der Waals surface area contributed by atoms with E-state index in [0.717, 1.165) is 25.8 Å². The second-order valence-electron chi connectivity index (χ2n) is 9.30. The zero-order chi connectivity index (χ0) is 24.6. The highest BCUT2D eigenvalue weighted by Gasteiger charge is 2.21. The first-order valence-corrected chi connectivity index (χ1v) is 12.7. The summed E-state index contributed by atoms with van der Waals surface area (Å²) in [6.45, 7) is 1.16. The van der Waals surface area contributed by atoms with Crippen LogP contribution in [0, 0.1) is 5.92 Å². The van der Waals surface area contributed by atoms with E-state index < -0.39 is 0 Å². The van der Waals surface area contributed by atoms with E-state index in [4.69, 9.17) is 0 Å². The summed E-state index contributed by atoms with van der Waals surface area (Å²) in [5.41, 5.74) is 6.60. The highest BCUT2D eigenvalue weighted by atomic mass is 16.1. The van der Waals surface area contributed by atoms with E-state index in [1.807, 2.05) is 54.9 Å². The number of hydrogen-bond donors (Lipinski definition) is 2. The van der Waals surface area contributed by atoms with Crippen LogP contribution >= 0.6 is 0 Å². The summed E-state index contributed by atoms with van der Waals surface area (Å²) >= 11 is 0. The molecule has 3 heteroatoms. The molecule has 0 saturated heterocycles. The molecular formula is C33H32N2O. The van der Waals surface area contributed by atoms with Crippen molar-refractivity contribution in [1.29, 1.82) is 0 Å². The number of fused-ring (bicyclic) bond motifs is 5. The van der Waals surface area contributed by atoms with E-state index in [1.54, 1.807) is 0 Å². The predicted molar refractivity (Wildman–Crippen MR) is 149 cm³/mol. The quantitative estimate of drug-likeness (QED) is 0.572. The first kappa shape index (κ1) is 23.8. The number of nitrogens with one attached hydrogen (secondary N) is 2. The molecule has 36 heavy (non-hydrogen) atoms. The molecule has 3 aromatic rings. The van der Waals surface area contributed by atoms with Crippen LogP contribution in [-0.2, 0) is 24.2 Å². The van der Waals surface area contributed by atoms with E-state index in [-0.39, 0.29) is 5.92 Å². The maximum atomic E-state index is 12.9. The molecular weight excluding hydrogens is 440 g/mol. The third-order valence-electron chi connectivity index (χ3n) is 6.91. The number of carbonyl (C=O) groups is 1. The Morgan fingerprint density at radius 3 is 2.42 bits per heavy atom. The van der Waals surface area contributed by atoms with Gasteiger partial charge in [-0.15, -0.1) is 0 Å². The van der Waals surface area contributed by atoms with Crippen LogP contribution in [0.4, 0.5) is 0 Å². The van der Waals surface area contributed by atoms with Crippen LogP contribution in [0.2, 0.25) is 0 Å². The number of carbonyl (C=O) groups excluding carboxylic acids is 1. The number of benzene rings is 3. The molecule has 0 radical (unpaired) electrons. The standard InChI is InChI=1S/C27H25NO.C6H7N/c29-27(18-28-17-19-6-2-1-3-7-19)22-11-10-21-13-14-24-23-9-5-4-8-20(23)12-15-25(24)26(21)16-22;1-2-4-6-7-5-3-1/h1-9,13-16,22,28H,10-12,17-18H2;1-7H. The maximum absolute atomic E-state index is 12.9. The van der Waals surface area contributed by atoms with Gasteiger partial charge in [0, 0.05) is 24.9 Å². The number of aryl methyl sites for hydroxylation is 1. The Morgan fingerprint density at radius 2 is 1.58 bits per heavy atom. The van der Waals surface area contributed by atoms with Gasteiger partial charge in [0.2, 0.25) is 0 Å². The van der Waals surface area contributed by atoms with E-state index in [1.165, 1.54) is 38.3 Å². The summed E-state index contributed by atoms with van der Waals surface area (Å²) in [6.07, 6.45) is 19.0. The average molecular weight is 473 g/mol. The zero-order valence-corrected chi connectivity index (χ0v) is 20.5. The lowest BCUT2D eigenvalue weighted by molar-refractivity contribution is -0.120. The molecule has 1 heterocycles. The number of allylic oxidation sites excluding steroid dienone is 4. The van der Waals surface area contributed by atoms with E-state index in [2.05, 4.69) is 71.3 Å². The van der Waals surface area contributed by atoms with Crippen molar-refractivity contribution in [1.82, 2.24) is 10.6 Å². The van der Waals surface area contributed by atoms with Gasteiger partial charge in [-0.3, -0.25) is 4.79 Å². The summed E-state index contributed by atoms with van der Waals surface area (Å²) < 4.78 is 0. The second-order valence-corrected chi connectivity index (χ2v) is 9.30. The van der Waals surface area contributed by atoms with Crippen molar-refractivity contribution >= 4 is 17.9 Å². The Bertz CT molecular complexity index is 1420. The van der Waals surface area contributed by atoms with Gasteiger partial charge >= 0.3 is 0 Å². The lowest BCUT2D eigenvalue weighted by atomic mass is 9.83. The predicted octanol–water partition coefficient (Wildman–Crippen LogP) is 4.57. The fourth-order valence-corrected chi connectivity index (χ4v) is 5.04. The Balaban J connectivity index is 0.000000330. The molecule has 0 saturated carbocycles. The van der Waals surface area contributed by atoms with Gasteiger partial charge in [0.25, 0.3) is 0 Å². The van der Waals surface area contributed by atoms with Crippen LogP contribution in [0.25, 0.3) is 23.3 Å². The van der Waals surface area contributed by atoms with Crippen molar-refractivity contribution in [2.24, 2.45) is 5.92 Å². The van der Waals surface area contributed by atoms with Crippen LogP contribution in [0.5, 0.6) is 0 Å². The third-order valence-corrected chi connectivity index (χ3v) is 6.91. The summed E-state index contributed by atoms with van der Waals surface area (Å²) in [6, 6.07) is 23.4. The molecule has 2 aliphatic carbocycles. The molecule has 0 spiro atoms. The van der Waals surface area contributed by atoms with Gasteiger partial charge in [0.05, 0.1) is 6.54 Å². The molecule has 1 aliphatic heterocycles. The monoisotopic (exact) mass is 472 g/mol. The van der Waals surface area contributed by atoms with E-state index >= 15 is 0 Å². The average Bonchev–Trinajstić information content (AvgIpc) is 3.27. The second kappa shape index (κ2) is 11.7. The van der Waals surface area contributed by atoms with Gasteiger partial charge in [-0.2, -0.15) is 0 Å². The molecule has 3 aromatic carbocycles. The normalized spacial score (nSPS) is 16.5. The van der Waals surface area contributed by atoms with Crippen molar-refractivity contribution in [3.63, 3.8) is 0 Å². The molecule has 6 rings (SSSR count). The van der Waals surface area contributed by atoms with Crippen LogP contribution in [0.15, 0.2) is 103 Å². The van der Waals surface area contributed by atoms with E-state index in [9.17, 15) is 4.79 Å². The molecule has 3 nitrogen and oxygen atoms in total. The molecule has 180 valence electrons. The Hall–Kier alpha value is -3.95. The number of ketones is 1. The van der Waals surface area contributed by atoms with Gasteiger partial charge in [0.1, 0.15) is 0 Å². The highest BCUT2D eigenvalue weighted by molar-refractivity contribution is 5.88. The fraction of sp³-hybridized carbons (Fsp3) is 0.182. The van der Waals surface area contributed by atoms with Crippen LogP contribution < -0.4 is 21.1 Å². The number of rotatable bonds is 5. The van der Waals surface area contributed by atoms with Gasteiger partial charge in [0.15, 0.2) is 5.78 Å². The first-order valence-electron chi connectivity index (χ1n) is 12.7. The van der Waals surface area contributed by atoms with Crippen LogP contribution in [-0.4, -0.2) is 12.3 Å². The Kier molecular flexibility index (Phi) is 7.70. The summed E-state index contributed by atoms with van der Waals surface area (Å²) in [5.74, 6) is 0.295. The topological polar surface area (TPSA) is 41.1 Å². The van der Waals surface area contributed by atoms with Crippen molar-refractivity contribution < 1.29 is 4.79 Å². The van der Waals surface area contributed by atoms with Gasteiger partial charge in [-0.1, -0.05) is 91.0 Å². The molecule has 0 amide bonds. The fourth-order valence-electron chi connectivity index (χ4n) is 5.04. The highest BCUT2D eigenvalue weighted by Crippen LogP contribution is 2.25.